The number of fused-ring (bicyclic) bond motifs is 2. The lowest BCUT2D eigenvalue weighted by Gasteiger charge is -2.40. The van der Waals surface area contributed by atoms with E-state index in [9.17, 15) is 0 Å². The Morgan fingerprint density at radius 2 is 1.67 bits per heavy atom. The Labute approximate surface area is 150 Å². The average molecular weight is 351 g/mol. The lowest BCUT2D eigenvalue weighted by atomic mass is 9.73. The zero-order valence-electron chi connectivity index (χ0n) is 17.4. The van der Waals surface area contributed by atoms with Gasteiger partial charge >= 0.3 is 0 Å². The minimum Gasteiger partial charge on any atom is -0.411 e. The van der Waals surface area contributed by atoms with Crippen molar-refractivity contribution in [2.24, 2.45) is 22.7 Å². The van der Waals surface area contributed by atoms with Crippen LogP contribution in [0.15, 0.2) is 0 Å². The highest BCUT2D eigenvalue weighted by molar-refractivity contribution is 6.74. The molecular formula is C21H38O2Si. The summed E-state index contributed by atoms with van der Waals surface area (Å²) in [6, 6.07) is 0. The van der Waals surface area contributed by atoms with Gasteiger partial charge in [0.1, 0.15) is 11.2 Å². The molecule has 0 amide bonds. The van der Waals surface area contributed by atoms with Crippen molar-refractivity contribution in [3.05, 3.63) is 0 Å². The number of rotatable bonds is 2. The summed E-state index contributed by atoms with van der Waals surface area (Å²) in [7, 11) is -1.76. The Balaban J connectivity index is 1.65. The summed E-state index contributed by atoms with van der Waals surface area (Å²) in [6.07, 6.45) is 5.55. The van der Waals surface area contributed by atoms with Crippen LogP contribution in [0, 0.1) is 22.7 Å². The van der Waals surface area contributed by atoms with Crippen LogP contribution < -0.4 is 0 Å². The minimum absolute atomic E-state index is 0.0368. The number of ether oxygens (including phenoxy) is 1. The lowest BCUT2D eigenvalue weighted by molar-refractivity contribution is 0.0360. The smallest absolute Gasteiger partial charge is 0.192 e. The first-order chi connectivity index (χ1) is 10.7. The van der Waals surface area contributed by atoms with E-state index in [-0.39, 0.29) is 16.2 Å². The topological polar surface area (TPSA) is 21.8 Å². The predicted octanol–water partition coefficient (Wildman–Crippen LogP) is 5.77. The molecule has 0 N–H and O–H groups in total. The second-order valence-electron chi connectivity index (χ2n) is 12.2. The molecule has 1 aliphatic heterocycles. The first-order valence-electron chi connectivity index (χ1n) is 10.0. The molecule has 2 nitrogen and oxygen atoms in total. The van der Waals surface area contributed by atoms with E-state index in [0.29, 0.717) is 22.9 Å². The summed E-state index contributed by atoms with van der Waals surface area (Å²) in [5.74, 6) is 1.62. The molecule has 0 bridgehead atoms. The van der Waals surface area contributed by atoms with Gasteiger partial charge in [0, 0.05) is 0 Å². The fourth-order valence-corrected chi connectivity index (χ4v) is 7.61. The van der Waals surface area contributed by atoms with Crippen LogP contribution >= 0.6 is 0 Å². The van der Waals surface area contributed by atoms with Crippen LogP contribution in [0.4, 0.5) is 0 Å². The molecule has 4 fully saturated rings. The average Bonchev–Trinajstić information content (AvgIpc) is 3.15. The van der Waals surface area contributed by atoms with Crippen LogP contribution in [-0.4, -0.2) is 25.6 Å². The van der Waals surface area contributed by atoms with Gasteiger partial charge in [0.2, 0.25) is 0 Å². The van der Waals surface area contributed by atoms with Crippen LogP contribution in [0.3, 0.4) is 0 Å². The van der Waals surface area contributed by atoms with E-state index >= 15 is 0 Å². The Hall–Kier alpha value is 0.137. The van der Waals surface area contributed by atoms with E-state index in [1.165, 1.54) is 25.7 Å². The predicted molar refractivity (Wildman–Crippen MR) is 102 cm³/mol. The maximum atomic E-state index is 6.94. The quantitative estimate of drug-likeness (QED) is 0.466. The van der Waals surface area contributed by atoms with E-state index in [0.717, 1.165) is 5.92 Å². The van der Waals surface area contributed by atoms with E-state index in [4.69, 9.17) is 9.16 Å². The van der Waals surface area contributed by atoms with Crippen LogP contribution in [0.2, 0.25) is 18.1 Å². The van der Waals surface area contributed by atoms with Crippen molar-refractivity contribution in [2.75, 3.05) is 0 Å². The van der Waals surface area contributed by atoms with E-state index in [1.54, 1.807) is 0 Å². The molecule has 138 valence electrons. The second kappa shape index (κ2) is 4.34. The van der Waals surface area contributed by atoms with Crippen molar-refractivity contribution in [2.45, 2.75) is 110 Å². The van der Waals surface area contributed by atoms with Crippen LogP contribution in [0.5, 0.6) is 0 Å². The maximum absolute atomic E-state index is 6.94. The molecule has 0 aromatic carbocycles. The van der Waals surface area contributed by atoms with Crippen molar-refractivity contribution in [3.63, 3.8) is 0 Å². The molecule has 1 saturated heterocycles. The van der Waals surface area contributed by atoms with Gasteiger partial charge in [-0.3, -0.25) is 0 Å². The second-order valence-corrected chi connectivity index (χ2v) is 17.0. The van der Waals surface area contributed by atoms with Gasteiger partial charge in [-0.1, -0.05) is 41.5 Å². The van der Waals surface area contributed by atoms with Crippen molar-refractivity contribution in [3.8, 4) is 0 Å². The third kappa shape index (κ3) is 2.07. The van der Waals surface area contributed by atoms with Crippen molar-refractivity contribution >= 4 is 8.32 Å². The minimum atomic E-state index is -1.76. The normalized spacial score (nSPS) is 52.1. The first-order valence-corrected chi connectivity index (χ1v) is 13.0. The molecule has 0 radical (unpaired) electrons. The lowest BCUT2D eigenvalue weighted by Crippen LogP contribution is -2.47. The fourth-order valence-electron chi connectivity index (χ4n) is 6.22. The van der Waals surface area contributed by atoms with Crippen LogP contribution in [0.25, 0.3) is 0 Å². The Morgan fingerprint density at radius 3 is 2.25 bits per heavy atom. The molecule has 3 saturated carbocycles. The summed E-state index contributed by atoms with van der Waals surface area (Å²) < 4.78 is 13.6. The zero-order valence-corrected chi connectivity index (χ0v) is 18.4. The third-order valence-electron chi connectivity index (χ3n) is 8.86. The van der Waals surface area contributed by atoms with Gasteiger partial charge in [0.05, 0.1) is 6.10 Å². The summed E-state index contributed by atoms with van der Waals surface area (Å²) in [6.45, 7) is 21.7. The molecule has 0 aromatic rings. The van der Waals surface area contributed by atoms with Gasteiger partial charge in [-0.25, -0.2) is 0 Å². The summed E-state index contributed by atoms with van der Waals surface area (Å²) in [4.78, 5) is 0. The van der Waals surface area contributed by atoms with Gasteiger partial charge in [-0.05, 0) is 73.4 Å². The highest BCUT2D eigenvalue weighted by atomic mass is 28.4. The van der Waals surface area contributed by atoms with Gasteiger partial charge in [-0.2, -0.15) is 0 Å². The van der Waals surface area contributed by atoms with Crippen molar-refractivity contribution < 1.29 is 9.16 Å². The molecule has 3 heteroatoms. The number of hydrogen-bond acceptors (Lipinski definition) is 2. The van der Waals surface area contributed by atoms with E-state index < -0.39 is 8.32 Å². The van der Waals surface area contributed by atoms with Gasteiger partial charge < -0.3 is 9.16 Å². The highest BCUT2D eigenvalue weighted by Crippen LogP contribution is 2.79. The number of hydrogen-bond donors (Lipinski definition) is 0. The largest absolute Gasteiger partial charge is 0.411 e. The van der Waals surface area contributed by atoms with Crippen molar-refractivity contribution in [1.82, 2.24) is 0 Å². The molecule has 24 heavy (non-hydrogen) atoms. The molecular weight excluding hydrogens is 312 g/mol. The van der Waals surface area contributed by atoms with Gasteiger partial charge in [0.25, 0.3) is 0 Å². The molecule has 0 aromatic heterocycles. The standard InChI is InChI=1S/C21H38O2Si/c1-17(2,3)24(8,9)22-16-10-15-19(6)12-14(19)11-18(4,5)13-21(15)20(16,7)23-21/h14-16H,10-13H2,1-9H3/t14-,15-,16-,19+,20-,21+/m0/s1. The fraction of sp³-hybridized carbons (Fsp3) is 1.00. The maximum Gasteiger partial charge on any atom is 0.192 e. The molecule has 4 rings (SSSR count). The van der Waals surface area contributed by atoms with Gasteiger partial charge in [0.15, 0.2) is 8.32 Å². The number of epoxide rings is 1. The van der Waals surface area contributed by atoms with Crippen molar-refractivity contribution in [1.29, 1.82) is 0 Å². The summed E-state index contributed by atoms with van der Waals surface area (Å²) >= 11 is 0. The van der Waals surface area contributed by atoms with Crippen LogP contribution in [0.1, 0.15) is 74.1 Å². The molecule has 3 aliphatic carbocycles. The first kappa shape index (κ1) is 17.5. The summed E-state index contributed by atoms with van der Waals surface area (Å²) in [5, 5.41) is 0.265. The molecule has 6 atom stereocenters. The third-order valence-corrected chi connectivity index (χ3v) is 13.3. The molecule has 1 heterocycles. The molecule has 1 spiro atoms. The Morgan fingerprint density at radius 1 is 1.04 bits per heavy atom. The SMILES string of the molecule is CC1(C)C[C@H]2C[C@@]2(C)[C@@H]2C[C@H](O[Si](C)(C)C(C)(C)C)[C@]3(C)O[C@]23C1. The van der Waals surface area contributed by atoms with E-state index in [2.05, 4.69) is 61.6 Å². The van der Waals surface area contributed by atoms with Crippen LogP contribution in [-0.2, 0) is 9.16 Å². The Bertz CT molecular complexity index is 577. The monoisotopic (exact) mass is 350 g/mol. The van der Waals surface area contributed by atoms with Gasteiger partial charge in [-0.15, -0.1) is 0 Å². The Kier molecular flexibility index (Phi) is 3.17. The highest BCUT2D eigenvalue weighted by Gasteiger charge is 2.84. The molecule has 0 unspecified atom stereocenters. The molecule has 4 aliphatic rings. The summed E-state index contributed by atoms with van der Waals surface area (Å²) in [5.41, 5.74) is 0.979. The zero-order chi connectivity index (χ0) is 18.0. The van der Waals surface area contributed by atoms with E-state index in [1.807, 2.05) is 0 Å².